The molecule has 4 rings (SSSR count). The molecule has 0 bridgehead atoms. The monoisotopic (exact) mass is 424 g/mol. The van der Waals surface area contributed by atoms with Crippen molar-refractivity contribution in [3.63, 3.8) is 0 Å². The quantitative estimate of drug-likeness (QED) is 0.440. The molecule has 1 amide bonds. The van der Waals surface area contributed by atoms with E-state index in [0.717, 1.165) is 11.3 Å². The van der Waals surface area contributed by atoms with Gasteiger partial charge in [0.15, 0.2) is 5.00 Å². The average Bonchev–Trinajstić information content (AvgIpc) is 3.19. The van der Waals surface area contributed by atoms with Crippen LogP contribution in [0.5, 0.6) is 0 Å². The van der Waals surface area contributed by atoms with Crippen molar-refractivity contribution >= 4 is 28.8 Å². The van der Waals surface area contributed by atoms with Crippen LogP contribution >= 0.6 is 11.6 Å². The van der Waals surface area contributed by atoms with Gasteiger partial charge in [0.1, 0.15) is 17.3 Å². The van der Waals surface area contributed by atoms with Crippen LogP contribution in [0.1, 0.15) is 27.2 Å². The van der Waals surface area contributed by atoms with Crippen LogP contribution in [0, 0.1) is 12.7 Å². The van der Waals surface area contributed by atoms with Crippen LogP contribution in [0.4, 0.5) is 4.39 Å². The third-order valence-corrected chi connectivity index (χ3v) is 5.31. The van der Waals surface area contributed by atoms with E-state index in [1.54, 1.807) is 24.4 Å². The maximum absolute atomic E-state index is 13.5. The average molecular weight is 425 g/mol. The number of aryl methyl sites for hydroxylation is 1. The number of carbonyl (C=O) groups is 1. The van der Waals surface area contributed by atoms with E-state index >= 15 is 0 Å². The van der Waals surface area contributed by atoms with Crippen molar-refractivity contribution in [2.75, 3.05) is 0 Å². The molecule has 1 aromatic carbocycles. The third kappa shape index (κ3) is 3.42. The SMILES string of the molecule is Cc1cc(C2=CC(n3cc(C(N)=O)cn3)=C(N)NC2(Cl)c2ccc(F)cc2)ccn1. The van der Waals surface area contributed by atoms with Gasteiger partial charge in [-0.3, -0.25) is 9.78 Å². The Morgan fingerprint density at radius 1 is 1.27 bits per heavy atom. The Bertz CT molecular complexity index is 1200. The second kappa shape index (κ2) is 7.31. The molecule has 1 aliphatic heterocycles. The normalized spacial score (nSPS) is 18.7. The lowest BCUT2D eigenvalue weighted by Gasteiger charge is -2.36. The van der Waals surface area contributed by atoms with E-state index in [1.165, 1.54) is 29.2 Å². The first kappa shape index (κ1) is 19.7. The molecule has 1 unspecified atom stereocenters. The molecular weight excluding hydrogens is 407 g/mol. The molecule has 0 saturated heterocycles. The van der Waals surface area contributed by atoms with Crippen molar-refractivity contribution in [3.05, 3.63) is 95.1 Å². The Labute approximate surface area is 176 Å². The number of amides is 1. The molecule has 3 heterocycles. The lowest BCUT2D eigenvalue weighted by atomic mass is 9.89. The van der Waals surface area contributed by atoms with Gasteiger partial charge < -0.3 is 16.8 Å². The van der Waals surface area contributed by atoms with E-state index in [2.05, 4.69) is 15.4 Å². The van der Waals surface area contributed by atoms with Gasteiger partial charge in [0.2, 0.25) is 0 Å². The standard InChI is InChI=1S/C21H18ClFN6O/c1-12-8-13(6-7-26-12)17-9-18(29-11-14(10-27-29)20(25)30)19(24)28-21(17,22)15-2-4-16(23)5-3-15/h2-11,28H,24H2,1H3,(H2,25,30). The summed E-state index contributed by atoms with van der Waals surface area (Å²) in [6.45, 7) is 1.87. The van der Waals surface area contributed by atoms with E-state index in [1.807, 2.05) is 19.1 Å². The molecule has 152 valence electrons. The number of allylic oxidation sites excluding steroid dienone is 2. The minimum Gasteiger partial charge on any atom is -0.384 e. The zero-order valence-corrected chi connectivity index (χ0v) is 16.7. The molecule has 3 aromatic rings. The van der Waals surface area contributed by atoms with Gasteiger partial charge in [0, 0.05) is 23.7 Å². The van der Waals surface area contributed by atoms with Gasteiger partial charge in [-0.15, -0.1) is 0 Å². The fraction of sp³-hybridized carbons (Fsp3) is 0.0952. The minimum absolute atomic E-state index is 0.225. The molecule has 0 fully saturated rings. The Kier molecular flexibility index (Phi) is 4.79. The first-order chi connectivity index (χ1) is 14.3. The summed E-state index contributed by atoms with van der Waals surface area (Å²) in [4.78, 5) is 14.4. The predicted octanol–water partition coefficient (Wildman–Crippen LogP) is 2.69. The number of alkyl halides is 1. The number of nitrogens with two attached hydrogens (primary N) is 2. The molecule has 0 saturated carbocycles. The first-order valence-electron chi connectivity index (χ1n) is 9.01. The van der Waals surface area contributed by atoms with Crippen molar-refractivity contribution < 1.29 is 9.18 Å². The van der Waals surface area contributed by atoms with Gasteiger partial charge in [-0.25, -0.2) is 9.07 Å². The molecule has 0 aliphatic carbocycles. The molecule has 30 heavy (non-hydrogen) atoms. The highest BCUT2D eigenvalue weighted by atomic mass is 35.5. The number of nitrogens with one attached hydrogen (secondary N) is 1. The number of hydrogen-bond donors (Lipinski definition) is 3. The number of nitrogens with zero attached hydrogens (tertiary/aromatic N) is 3. The van der Waals surface area contributed by atoms with Gasteiger partial charge in [-0.05, 0) is 48.4 Å². The Morgan fingerprint density at radius 2 is 2.00 bits per heavy atom. The zero-order valence-electron chi connectivity index (χ0n) is 15.9. The van der Waals surface area contributed by atoms with E-state index in [9.17, 15) is 9.18 Å². The van der Waals surface area contributed by atoms with Crippen LogP contribution in [0.15, 0.2) is 66.9 Å². The number of hydrogen-bond acceptors (Lipinski definition) is 5. The summed E-state index contributed by atoms with van der Waals surface area (Å²) in [6.07, 6.45) is 6.29. The fourth-order valence-corrected chi connectivity index (χ4v) is 3.70. The molecule has 1 atom stereocenters. The van der Waals surface area contributed by atoms with Crippen LogP contribution in [-0.4, -0.2) is 20.7 Å². The summed E-state index contributed by atoms with van der Waals surface area (Å²) in [5, 5.41) is 7.30. The maximum atomic E-state index is 13.5. The highest BCUT2D eigenvalue weighted by Crippen LogP contribution is 2.44. The molecule has 0 radical (unpaired) electrons. The van der Waals surface area contributed by atoms with Gasteiger partial charge in [0.25, 0.3) is 5.91 Å². The zero-order chi connectivity index (χ0) is 21.5. The molecule has 1 aliphatic rings. The van der Waals surface area contributed by atoms with Crippen LogP contribution in [0.2, 0.25) is 0 Å². The third-order valence-electron chi connectivity index (χ3n) is 4.80. The summed E-state index contributed by atoms with van der Waals surface area (Å²) in [7, 11) is 0. The lowest BCUT2D eigenvalue weighted by Crippen LogP contribution is -2.43. The lowest BCUT2D eigenvalue weighted by molar-refractivity contribution is 0.100. The summed E-state index contributed by atoms with van der Waals surface area (Å²) in [5.41, 5.74) is 15.2. The largest absolute Gasteiger partial charge is 0.384 e. The first-order valence-corrected chi connectivity index (χ1v) is 9.38. The Balaban J connectivity index is 1.90. The van der Waals surface area contributed by atoms with Crippen LogP contribution in [0.25, 0.3) is 11.3 Å². The number of dihydropyridines is 1. The van der Waals surface area contributed by atoms with Crippen LogP contribution in [-0.2, 0) is 5.00 Å². The predicted molar refractivity (Wildman–Crippen MR) is 112 cm³/mol. The Hall–Kier alpha value is -3.65. The number of carbonyl (C=O) groups excluding carboxylic acids is 1. The van der Waals surface area contributed by atoms with Gasteiger partial charge in [-0.2, -0.15) is 5.10 Å². The van der Waals surface area contributed by atoms with E-state index in [0.29, 0.717) is 16.8 Å². The Morgan fingerprint density at radius 3 is 2.63 bits per heavy atom. The topological polar surface area (TPSA) is 112 Å². The summed E-state index contributed by atoms with van der Waals surface area (Å²) >= 11 is 7.07. The highest BCUT2D eigenvalue weighted by molar-refractivity contribution is 6.30. The van der Waals surface area contributed by atoms with Crippen molar-refractivity contribution in [2.24, 2.45) is 11.5 Å². The van der Waals surface area contributed by atoms with Crippen LogP contribution in [0.3, 0.4) is 0 Å². The second-order valence-electron chi connectivity index (χ2n) is 6.87. The number of halogens is 2. The van der Waals surface area contributed by atoms with Crippen molar-refractivity contribution in [3.8, 4) is 0 Å². The van der Waals surface area contributed by atoms with Gasteiger partial charge in [0.05, 0.1) is 11.8 Å². The van der Waals surface area contributed by atoms with E-state index < -0.39 is 10.9 Å². The minimum atomic E-state index is -1.27. The second-order valence-corrected chi connectivity index (χ2v) is 7.44. The fourth-order valence-electron chi connectivity index (χ4n) is 3.30. The maximum Gasteiger partial charge on any atom is 0.251 e. The van der Waals surface area contributed by atoms with Crippen molar-refractivity contribution in [1.29, 1.82) is 0 Å². The summed E-state index contributed by atoms with van der Waals surface area (Å²) in [5.74, 6) is -0.751. The van der Waals surface area contributed by atoms with Crippen molar-refractivity contribution in [2.45, 2.75) is 11.9 Å². The van der Waals surface area contributed by atoms with E-state index in [-0.39, 0.29) is 17.2 Å². The number of pyridine rings is 1. The molecule has 2 aromatic heterocycles. The number of rotatable bonds is 4. The van der Waals surface area contributed by atoms with Crippen molar-refractivity contribution in [1.82, 2.24) is 20.1 Å². The smallest absolute Gasteiger partial charge is 0.251 e. The van der Waals surface area contributed by atoms with E-state index in [4.69, 9.17) is 23.1 Å². The summed E-state index contributed by atoms with van der Waals surface area (Å²) < 4.78 is 15.0. The molecule has 9 heteroatoms. The number of primary amides is 1. The van der Waals surface area contributed by atoms with Crippen LogP contribution < -0.4 is 16.8 Å². The number of aromatic nitrogens is 3. The molecular formula is C21H18ClFN6O. The van der Waals surface area contributed by atoms with Gasteiger partial charge >= 0.3 is 0 Å². The molecule has 7 nitrogen and oxygen atoms in total. The number of benzene rings is 1. The molecule has 5 N–H and O–H groups in total. The highest BCUT2D eigenvalue weighted by Gasteiger charge is 2.39. The summed E-state index contributed by atoms with van der Waals surface area (Å²) in [6, 6.07) is 9.55. The van der Waals surface area contributed by atoms with Gasteiger partial charge in [-0.1, -0.05) is 23.7 Å². The molecule has 0 spiro atoms.